The first-order chi connectivity index (χ1) is 5.95. The van der Waals surface area contributed by atoms with Crippen molar-refractivity contribution in [2.24, 2.45) is 5.73 Å². The lowest BCUT2D eigenvalue weighted by Crippen LogP contribution is -2.20. The molecule has 0 aliphatic carbocycles. The highest BCUT2D eigenvalue weighted by atomic mass is 16.1. The number of hydrogen-bond acceptors (Lipinski definition) is 1. The average molecular weight is 180 g/mol. The van der Waals surface area contributed by atoms with Gasteiger partial charge in [0.05, 0.1) is 0 Å². The molecule has 1 aromatic rings. The predicted octanol–water partition coefficient (Wildman–Crippen LogP) is 1.21. The summed E-state index contributed by atoms with van der Waals surface area (Å²) in [5.41, 5.74) is 9.93. The van der Waals surface area contributed by atoms with Crippen molar-refractivity contribution in [3.8, 4) is 0 Å². The van der Waals surface area contributed by atoms with Crippen LogP contribution in [0.3, 0.4) is 0 Å². The second-order valence-corrected chi connectivity index (χ2v) is 3.47. The summed E-state index contributed by atoms with van der Waals surface area (Å²) in [6, 6.07) is 0. The average Bonchev–Trinajstić information content (AvgIpc) is 2.22. The number of nitrogens with zero attached hydrogens (tertiary/aromatic N) is 1. The lowest BCUT2D eigenvalue weighted by molar-refractivity contribution is -0.118. The summed E-state index contributed by atoms with van der Waals surface area (Å²) >= 11 is 0. The normalized spacial score (nSPS) is 10.5. The molecule has 3 nitrogen and oxygen atoms in total. The zero-order valence-corrected chi connectivity index (χ0v) is 8.64. The summed E-state index contributed by atoms with van der Waals surface area (Å²) in [4.78, 5) is 10.8. The Balaban J connectivity index is 3.21. The summed E-state index contributed by atoms with van der Waals surface area (Å²) in [5, 5.41) is 0. The molecular formula is C10H16N2O. The molecule has 0 aliphatic rings. The molecular weight excluding hydrogens is 164 g/mol. The van der Waals surface area contributed by atoms with Gasteiger partial charge >= 0.3 is 0 Å². The summed E-state index contributed by atoms with van der Waals surface area (Å²) in [6.07, 6.45) is 0. The largest absolute Gasteiger partial charge is 0.368 e. The Bertz CT molecular complexity index is 325. The first-order valence-corrected chi connectivity index (χ1v) is 4.36. The van der Waals surface area contributed by atoms with Crippen LogP contribution in [0, 0.1) is 27.7 Å². The molecule has 0 atom stereocenters. The zero-order chi connectivity index (χ0) is 10.2. The molecule has 0 fully saturated rings. The Morgan fingerprint density at radius 1 is 1.15 bits per heavy atom. The first-order valence-electron chi connectivity index (χ1n) is 4.36. The van der Waals surface area contributed by atoms with Gasteiger partial charge < -0.3 is 10.3 Å². The smallest absolute Gasteiger partial charge is 0.237 e. The molecule has 0 radical (unpaired) electrons. The SMILES string of the molecule is Cc1c(C)c(C)n(CC(N)=O)c1C. The minimum atomic E-state index is -0.291. The van der Waals surface area contributed by atoms with E-state index in [2.05, 4.69) is 13.8 Å². The number of aromatic nitrogens is 1. The molecule has 3 heteroatoms. The summed E-state index contributed by atoms with van der Waals surface area (Å²) in [5.74, 6) is -0.291. The maximum absolute atomic E-state index is 10.8. The van der Waals surface area contributed by atoms with Crippen molar-refractivity contribution in [2.75, 3.05) is 0 Å². The van der Waals surface area contributed by atoms with E-state index in [1.807, 2.05) is 18.4 Å². The van der Waals surface area contributed by atoms with Crippen molar-refractivity contribution in [1.29, 1.82) is 0 Å². The van der Waals surface area contributed by atoms with Crippen LogP contribution in [0.5, 0.6) is 0 Å². The standard InChI is InChI=1S/C10H16N2O/c1-6-7(2)9(4)12(8(6)3)5-10(11)13/h5H2,1-4H3,(H2,11,13). The van der Waals surface area contributed by atoms with Crippen LogP contribution in [0.1, 0.15) is 22.5 Å². The molecule has 72 valence electrons. The van der Waals surface area contributed by atoms with Gasteiger partial charge in [0.25, 0.3) is 0 Å². The van der Waals surface area contributed by atoms with Crippen LogP contribution in [-0.4, -0.2) is 10.5 Å². The lowest BCUT2D eigenvalue weighted by Gasteiger charge is -2.05. The van der Waals surface area contributed by atoms with Crippen LogP contribution >= 0.6 is 0 Å². The fourth-order valence-corrected chi connectivity index (χ4v) is 1.59. The third-order valence-electron chi connectivity index (χ3n) is 2.77. The predicted molar refractivity (Wildman–Crippen MR) is 52.6 cm³/mol. The number of rotatable bonds is 2. The van der Waals surface area contributed by atoms with Gasteiger partial charge in [0.2, 0.25) is 5.91 Å². The van der Waals surface area contributed by atoms with Gasteiger partial charge in [0, 0.05) is 11.4 Å². The fraction of sp³-hybridized carbons (Fsp3) is 0.500. The van der Waals surface area contributed by atoms with Crippen molar-refractivity contribution < 1.29 is 4.79 Å². The van der Waals surface area contributed by atoms with Crippen molar-refractivity contribution in [1.82, 2.24) is 4.57 Å². The highest BCUT2D eigenvalue weighted by Gasteiger charge is 2.11. The van der Waals surface area contributed by atoms with E-state index in [0.717, 1.165) is 11.4 Å². The van der Waals surface area contributed by atoms with Crippen molar-refractivity contribution in [3.63, 3.8) is 0 Å². The molecule has 1 amide bonds. The number of carbonyl (C=O) groups is 1. The number of amides is 1. The molecule has 0 saturated heterocycles. The van der Waals surface area contributed by atoms with Gasteiger partial charge in [-0.1, -0.05) is 0 Å². The quantitative estimate of drug-likeness (QED) is 0.730. The van der Waals surface area contributed by atoms with Crippen LogP contribution in [0.4, 0.5) is 0 Å². The van der Waals surface area contributed by atoms with E-state index in [-0.39, 0.29) is 12.5 Å². The number of carbonyl (C=O) groups excluding carboxylic acids is 1. The van der Waals surface area contributed by atoms with E-state index in [1.54, 1.807) is 0 Å². The van der Waals surface area contributed by atoms with Crippen molar-refractivity contribution in [3.05, 3.63) is 22.5 Å². The minimum absolute atomic E-state index is 0.284. The molecule has 1 heterocycles. The van der Waals surface area contributed by atoms with E-state index in [1.165, 1.54) is 11.1 Å². The van der Waals surface area contributed by atoms with Gasteiger partial charge in [-0.15, -0.1) is 0 Å². The maximum Gasteiger partial charge on any atom is 0.237 e. The first kappa shape index (κ1) is 9.84. The second kappa shape index (κ2) is 3.24. The highest BCUT2D eigenvalue weighted by Crippen LogP contribution is 2.19. The Hall–Kier alpha value is -1.25. The Labute approximate surface area is 78.5 Å². The minimum Gasteiger partial charge on any atom is -0.368 e. The molecule has 1 rings (SSSR count). The third kappa shape index (κ3) is 1.59. The molecule has 0 aromatic carbocycles. The molecule has 13 heavy (non-hydrogen) atoms. The molecule has 0 spiro atoms. The Kier molecular flexibility index (Phi) is 2.45. The van der Waals surface area contributed by atoms with Crippen LogP contribution in [-0.2, 0) is 11.3 Å². The topological polar surface area (TPSA) is 48.0 Å². The Morgan fingerprint density at radius 3 is 1.85 bits per heavy atom. The maximum atomic E-state index is 10.8. The van der Waals surface area contributed by atoms with Gasteiger partial charge in [-0.05, 0) is 38.8 Å². The molecule has 0 saturated carbocycles. The van der Waals surface area contributed by atoms with E-state index >= 15 is 0 Å². The van der Waals surface area contributed by atoms with Crippen molar-refractivity contribution >= 4 is 5.91 Å². The van der Waals surface area contributed by atoms with Gasteiger partial charge in [-0.3, -0.25) is 4.79 Å². The summed E-state index contributed by atoms with van der Waals surface area (Å²) < 4.78 is 1.97. The third-order valence-corrected chi connectivity index (χ3v) is 2.77. The molecule has 1 aromatic heterocycles. The number of nitrogens with two attached hydrogens (primary N) is 1. The molecule has 0 unspecified atom stereocenters. The van der Waals surface area contributed by atoms with Gasteiger partial charge in [-0.2, -0.15) is 0 Å². The van der Waals surface area contributed by atoms with E-state index in [9.17, 15) is 4.79 Å². The zero-order valence-electron chi connectivity index (χ0n) is 8.64. The second-order valence-electron chi connectivity index (χ2n) is 3.47. The van der Waals surface area contributed by atoms with Gasteiger partial charge in [0.15, 0.2) is 0 Å². The summed E-state index contributed by atoms with van der Waals surface area (Å²) in [7, 11) is 0. The van der Waals surface area contributed by atoms with Gasteiger partial charge in [0.1, 0.15) is 6.54 Å². The summed E-state index contributed by atoms with van der Waals surface area (Å²) in [6.45, 7) is 8.44. The van der Waals surface area contributed by atoms with Gasteiger partial charge in [-0.25, -0.2) is 0 Å². The molecule has 0 bridgehead atoms. The van der Waals surface area contributed by atoms with Crippen molar-refractivity contribution in [2.45, 2.75) is 34.2 Å². The lowest BCUT2D eigenvalue weighted by atomic mass is 10.2. The van der Waals surface area contributed by atoms with E-state index in [0.29, 0.717) is 0 Å². The van der Waals surface area contributed by atoms with Crippen LogP contribution in [0.15, 0.2) is 0 Å². The Morgan fingerprint density at radius 2 is 1.54 bits per heavy atom. The fourth-order valence-electron chi connectivity index (χ4n) is 1.59. The van der Waals surface area contributed by atoms with E-state index < -0.39 is 0 Å². The number of hydrogen-bond donors (Lipinski definition) is 1. The highest BCUT2D eigenvalue weighted by molar-refractivity contribution is 5.74. The van der Waals surface area contributed by atoms with Crippen LogP contribution in [0.2, 0.25) is 0 Å². The monoisotopic (exact) mass is 180 g/mol. The van der Waals surface area contributed by atoms with Crippen LogP contribution in [0.25, 0.3) is 0 Å². The van der Waals surface area contributed by atoms with E-state index in [4.69, 9.17) is 5.73 Å². The van der Waals surface area contributed by atoms with Crippen LogP contribution < -0.4 is 5.73 Å². The molecule has 2 N–H and O–H groups in total. The molecule has 0 aliphatic heterocycles. The number of primary amides is 1.